The highest BCUT2D eigenvalue weighted by Gasteiger charge is 2.21. The second-order valence-corrected chi connectivity index (χ2v) is 18.9. The van der Waals surface area contributed by atoms with Gasteiger partial charge in [-0.1, -0.05) is 59.0 Å². The average Bonchev–Trinajstić information content (AvgIpc) is 4.33. The fourth-order valence-electron chi connectivity index (χ4n) is 9.37. The molecule has 3 aromatic heterocycles. The predicted octanol–water partition coefficient (Wildman–Crippen LogP) is 10.5. The van der Waals surface area contributed by atoms with Crippen molar-refractivity contribution < 1.29 is 23.8 Å². The molecule has 1 amide bonds. The minimum atomic E-state index is -0.508. The van der Waals surface area contributed by atoms with E-state index in [4.69, 9.17) is 54.7 Å². The summed E-state index contributed by atoms with van der Waals surface area (Å²) in [7, 11) is 3.60. The van der Waals surface area contributed by atoms with Gasteiger partial charge in [0.25, 0.3) is 0 Å². The Hall–Kier alpha value is -6.65. The molecule has 12 rings (SSSR count). The Kier molecular flexibility index (Phi) is 21.5. The van der Waals surface area contributed by atoms with E-state index in [1.165, 1.54) is 22.0 Å². The van der Waals surface area contributed by atoms with Crippen molar-refractivity contribution in [3.8, 4) is 17.1 Å². The summed E-state index contributed by atoms with van der Waals surface area (Å²) >= 11 is 17.5. The van der Waals surface area contributed by atoms with Crippen molar-refractivity contribution in [1.29, 1.82) is 0 Å². The molecule has 3 aliphatic rings. The number of imidazole rings is 3. The molecule has 0 saturated carbocycles. The van der Waals surface area contributed by atoms with Crippen LogP contribution in [0.3, 0.4) is 0 Å². The zero-order chi connectivity index (χ0) is 55.7. The van der Waals surface area contributed by atoms with Gasteiger partial charge in [-0.2, -0.15) is 0 Å². The van der Waals surface area contributed by atoms with Crippen LogP contribution in [0.4, 0.5) is 34.9 Å². The molecular formula is C58H64Cl3IN12O5. The molecule has 0 unspecified atom stereocenters. The van der Waals surface area contributed by atoms with Gasteiger partial charge in [0.15, 0.2) is 0 Å². The Morgan fingerprint density at radius 3 is 1.24 bits per heavy atom. The summed E-state index contributed by atoms with van der Waals surface area (Å²) in [4.78, 5) is 45.8. The van der Waals surface area contributed by atoms with Crippen molar-refractivity contribution in [3.05, 3.63) is 146 Å². The number of fused-ring (bicyclic) bond motifs is 3. The SMILES string of the molecule is CI.CN(C(=O)CCl)c1nc2ccccc2n1-c1ccc(N2CCOCC2)cc1.CNc1nc2ccccc2n1-c1ccc(N2CCOCC2)cc1.Nc1nc2ccccc2n1-c1ccc(N2CCOCC2)cc1.O=C(Cl)CCl. The lowest BCUT2D eigenvalue weighted by molar-refractivity contribution is -0.116. The highest BCUT2D eigenvalue weighted by molar-refractivity contribution is 14.1. The van der Waals surface area contributed by atoms with Gasteiger partial charge in [0.05, 0.1) is 78.6 Å². The van der Waals surface area contributed by atoms with Crippen LogP contribution in [0.15, 0.2) is 146 Å². The highest BCUT2D eigenvalue weighted by Crippen LogP contribution is 2.30. The van der Waals surface area contributed by atoms with Gasteiger partial charge in [-0.15, -0.1) is 23.2 Å². The number of rotatable bonds is 10. The van der Waals surface area contributed by atoms with Gasteiger partial charge >= 0.3 is 0 Å². The molecule has 0 bridgehead atoms. The molecular weight excluding hydrogens is 1180 g/mol. The number of amides is 1. The van der Waals surface area contributed by atoms with Gasteiger partial charge in [0.2, 0.25) is 29.0 Å². The number of aromatic nitrogens is 6. The van der Waals surface area contributed by atoms with Crippen molar-refractivity contribution in [3.63, 3.8) is 0 Å². The van der Waals surface area contributed by atoms with Gasteiger partial charge in [-0.25, -0.2) is 15.0 Å². The first-order valence-electron chi connectivity index (χ1n) is 25.8. The molecule has 9 aromatic rings. The lowest BCUT2D eigenvalue weighted by Gasteiger charge is -2.29. The molecule has 414 valence electrons. The van der Waals surface area contributed by atoms with Crippen LogP contribution in [0.1, 0.15) is 0 Å². The van der Waals surface area contributed by atoms with Crippen molar-refractivity contribution in [1.82, 2.24) is 28.7 Å². The van der Waals surface area contributed by atoms with E-state index in [1.54, 1.807) is 7.05 Å². The summed E-state index contributed by atoms with van der Waals surface area (Å²) in [6.45, 7) is 10.3. The number of benzene rings is 6. The maximum atomic E-state index is 12.2. The lowest BCUT2D eigenvalue weighted by Crippen LogP contribution is -2.36. The van der Waals surface area contributed by atoms with E-state index in [0.717, 1.165) is 135 Å². The number of carbonyl (C=O) groups excluding carboxylic acids is 2. The minimum absolute atomic E-state index is 0.0876. The van der Waals surface area contributed by atoms with E-state index in [2.05, 4.69) is 141 Å². The first-order chi connectivity index (χ1) is 38.6. The van der Waals surface area contributed by atoms with Gasteiger partial charge in [0.1, 0.15) is 5.88 Å². The fourth-order valence-corrected chi connectivity index (χ4v) is 9.55. The summed E-state index contributed by atoms with van der Waals surface area (Å²) in [5, 5.41) is 2.68. The Balaban J connectivity index is 0.000000148. The number of halogens is 4. The number of nitrogen functional groups attached to an aromatic ring is 1. The van der Waals surface area contributed by atoms with E-state index in [-0.39, 0.29) is 17.7 Å². The molecule has 6 aromatic carbocycles. The number of nitrogens with zero attached hydrogens (tertiary/aromatic N) is 10. The fraction of sp³-hybridized carbons (Fsp3) is 0.293. The first kappa shape index (κ1) is 58.5. The first-order valence-corrected chi connectivity index (χ1v) is 29.4. The van der Waals surface area contributed by atoms with Crippen LogP contribution >= 0.6 is 57.4 Å². The van der Waals surface area contributed by atoms with Crippen LogP contribution in [0.5, 0.6) is 0 Å². The van der Waals surface area contributed by atoms with E-state index >= 15 is 0 Å². The summed E-state index contributed by atoms with van der Waals surface area (Å²) < 4.78 is 22.4. The number of anilines is 6. The predicted molar refractivity (Wildman–Crippen MR) is 332 cm³/mol. The third kappa shape index (κ3) is 14.4. The van der Waals surface area contributed by atoms with Gasteiger partial charge in [0, 0.05) is 87.5 Å². The Morgan fingerprint density at radius 1 is 0.519 bits per heavy atom. The molecule has 21 heteroatoms. The van der Waals surface area contributed by atoms with E-state index in [0.29, 0.717) is 11.9 Å². The summed E-state index contributed by atoms with van der Waals surface area (Å²) in [6, 6.07) is 49.4. The summed E-state index contributed by atoms with van der Waals surface area (Å²) in [5.74, 6) is 1.54. The molecule has 0 spiro atoms. The van der Waals surface area contributed by atoms with Crippen molar-refractivity contribution >= 4 is 137 Å². The number of nitrogens with one attached hydrogen (secondary N) is 1. The molecule has 3 N–H and O–H groups in total. The molecule has 0 atom stereocenters. The Labute approximate surface area is 488 Å². The van der Waals surface area contributed by atoms with E-state index in [1.807, 2.05) is 87.8 Å². The normalized spacial score (nSPS) is 14.2. The van der Waals surface area contributed by atoms with Crippen LogP contribution in [-0.2, 0) is 23.8 Å². The number of morpholine rings is 3. The number of hydrogen-bond donors (Lipinski definition) is 2. The van der Waals surface area contributed by atoms with E-state index in [9.17, 15) is 9.59 Å². The highest BCUT2D eigenvalue weighted by atomic mass is 127. The standard InChI is InChI=1S/C20H21ClN4O2.C18H20N4O.C17H18N4O.C2H2Cl2O.CH3I/c1-23(19(26)14-21)20-22-17-4-2-3-5-18(17)25(20)16-8-6-15(7-9-16)24-10-12-27-13-11-24;1-19-18-20-16-4-2-3-5-17(16)22(18)15-8-6-14(7-9-15)21-10-12-23-13-11-21;18-17-19-15-3-1-2-4-16(15)21(17)14-7-5-13(6-8-14)20-9-11-22-12-10-20;3-1-2(4)5;1-2/h2-9H,10-14H2,1H3;2-9H,10-13H2,1H3,(H,19,20);1-8H,9-12H2,(H2,18,19);1H2;1H3. The summed E-state index contributed by atoms with van der Waals surface area (Å²) in [5.41, 5.74) is 18.6. The largest absolute Gasteiger partial charge is 0.378 e. The third-order valence-electron chi connectivity index (χ3n) is 13.3. The monoisotopic (exact) mass is 1240 g/mol. The number of para-hydroxylation sites is 6. The van der Waals surface area contributed by atoms with E-state index < -0.39 is 5.24 Å². The van der Waals surface area contributed by atoms with Gasteiger partial charge in [-0.3, -0.25) is 28.2 Å². The molecule has 6 heterocycles. The minimum Gasteiger partial charge on any atom is -0.378 e. The third-order valence-corrected chi connectivity index (χ3v) is 14.0. The Bertz CT molecular complexity index is 3380. The topological polar surface area (TPSA) is 166 Å². The van der Waals surface area contributed by atoms with Crippen molar-refractivity contribution in [2.24, 2.45) is 0 Å². The van der Waals surface area contributed by atoms with Crippen LogP contribution in [-0.4, -0.2) is 149 Å². The molecule has 0 radical (unpaired) electrons. The molecule has 3 saturated heterocycles. The van der Waals surface area contributed by atoms with Crippen LogP contribution in [0, 0.1) is 0 Å². The van der Waals surface area contributed by atoms with Crippen molar-refractivity contribution in [2.45, 2.75) is 0 Å². The zero-order valence-corrected chi connectivity index (χ0v) is 48.8. The number of ether oxygens (including phenoxy) is 3. The van der Waals surface area contributed by atoms with Crippen LogP contribution in [0.25, 0.3) is 50.2 Å². The van der Waals surface area contributed by atoms with Crippen molar-refractivity contribution in [2.75, 3.05) is 140 Å². The zero-order valence-electron chi connectivity index (χ0n) is 44.4. The molecule has 17 nitrogen and oxygen atoms in total. The smallest absolute Gasteiger partial charge is 0.243 e. The number of alkyl halides is 3. The molecule has 79 heavy (non-hydrogen) atoms. The Morgan fingerprint density at radius 2 is 0.848 bits per heavy atom. The molecule has 0 aliphatic carbocycles. The number of nitrogens with two attached hydrogens (primary N) is 1. The second kappa shape index (κ2) is 29.0. The average molecular weight is 1240 g/mol. The summed E-state index contributed by atoms with van der Waals surface area (Å²) in [6.07, 6.45) is 0. The maximum Gasteiger partial charge on any atom is 0.243 e. The second-order valence-electron chi connectivity index (χ2n) is 18.0. The quantitative estimate of drug-likeness (QED) is 0.0755. The lowest BCUT2D eigenvalue weighted by atomic mass is 10.2. The molecule has 3 aliphatic heterocycles. The number of carbonyl (C=O) groups is 2. The van der Waals surface area contributed by atoms with Crippen LogP contribution < -0.4 is 30.7 Å². The van der Waals surface area contributed by atoms with Crippen LogP contribution in [0.2, 0.25) is 0 Å². The maximum absolute atomic E-state index is 12.2. The van der Waals surface area contributed by atoms with Gasteiger partial charge in [-0.05, 0) is 126 Å². The van der Waals surface area contributed by atoms with Gasteiger partial charge < -0.3 is 40.0 Å². The molecule has 3 fully saturated rings. The number of hydrogen-bond acceptors (Lipinski definition) is 13.